The van der Waals surface area contributed by atoms with Gasteiger partial charge in [-0.05, 0) is 56.5 Å². The minimum Gasteiger partial charge on any atom is -0.357 e. The molecular formula is C21H26BrN5O2. The fraction of sp³-hybridized carbons (Fsp3) is 0.381. The van der Waals surface area contributed by atoms with Gasteiger partial charge in [-0.15, -0.1) is 0 Å². The molecule has 0 bridgehead atoms. The van der Waals surface area contributed by atoms with Crippen LogP contribution in [-0.2, 0) is 11.3 Å². The second-order valence-corrected chi connectivity index (χ2v) is 8.53. The summed E-state index contributed by atoms with van der Waals surface area (Å²) in [4.78, 5) is 31.5. The fourth-order valence-electron chi connectivity index (χ4n) is 3.09. The van der Waals surface area contributed by atoms with Gasteiger partial charge in [0.25, 0.3) is 0 Å². The van der Waals surface area contributed by atoms with E-state index in [0.717, 1.165) is 28.9 Å². The number of nitrogens with one attached hydrogen (secondary N) is 3. The van der Waals surface area contributed by atoms with Crippen LogP contribution in [0.4, 0.5) is 16.3 Å². The van der Waals surface area contributed by atoms with Crippen LogP contribution in [0, 0.1) is 0 Å². The highest BCUT2D eigenvalue weighted by Gasteiger charge is 2.29. The minimum absolute atomic E-state index is 0.314. The molecule has 0 spiro atoms. The number of pyridine rings is 1. The Morgan fingerprint density at radius 1 is 1.17 bits per heavy atom. The Bertz CT molecular complexity index is 864. The second-order valence-electron chi connectivity index (χ2n) is 7.62. The van der Waals surface area contributed by atoms with Crippen LogP contribution in [-0.4, -0.2) is 35.6 Å². The molecule has 1 saturated heterocycles. The average Bonchev–Trinajstić information content (AvgIpc) is 3.21. The average molecular weight is 460 g/mol. The first-order valence-electron chi connectivity index (χ1n) is 9.66. The van der Waals surface area contributed by atoms with Gasteiger partial charge in [-0.2, -0.15) is 0 Å². The summed E-state index contributed by atoms with van der Waals surface area (Å²) in [5.74, 6) is 0.607. The van der Waals surface area contributed by atoms with Gasteiger partial charge in [-0.3, -0.25) is 4.79 Å². The first kappa shape index (κ1) is 21.1. The number of carbonyl (C=O) groups excluding carboxylic acids is 2. The van der Waals surface area contributed by atoms with E-state index < -0.39 is 11.6 Å². The Morgan fingerprint density at radius 2 is 1.93 bits per heavy atom. The lowest BCUT2D eigenvalue weighted by Crippen LogP contribution is -2.55. The number of carbonyl (C=O) groups is 2. The molecule has 0 saturated carbocycles. The normalized spacial score (nSPS) is 13.8. The Balaban J connectivity index is 1.51. The quantitative estimate of drug-likeness (QED) is 0.614. The van der Waals surface area contributed by atoms with E-state index in [9.17, 15) is 9.59 Å². The molecule has 3 rings (SSSR count). The van der Waals surface area contributed by atoms with E-state index in [4.69, 9.17) is 0 Å². The van der Waals surface area contributed by atoms with Crippen LogP contribution < -0.4 is 20.9 Å². The molecule has 0 radical (unpaired) electrons. The van der Waals surface area contributed by atoms with E-state index >= 15 is 0 Å². The second kappa shape index (κ2) is 9.26. The topological polar surface area (TPSA) is 86.4 Å². The Morgan fingerprint density at radius 3 is 2.59 bits per heavy atom. The van der Waals surface area contributed by atoms with Gasteiger partial charge in [0.1, 0.15) is 11.4 Å². The standard InChI is InChI=1S/C21H26BrN5O2/c1-21(2,26-20(29)24-13-15-6-5-7-16(22)12-15)19(28)25-17-8-9-18(23-14-17)27-10-3-4-11-27/h5-9,12,14H,3-4,10-11,13H2,1-2H3,(H,25,28)(H2,24,26,29). The van der Waals surface area contributed by atoms with E-state index in [0.29, 0.717) is 12.2 Å². The number of anilines is 2. The van der Waals surface area contributed by atoms with E-state index in [-0.39, 0.29) is 5.91 Å². The molecule has 0 aliphatic carbocycles. The molecule has 0 unspecified atom stereocenters. The van der Waals surface area contributed by atoms with Crippen LogP contribution in [0.15, 0.2) is 47.1 Å². The van der Waals surface area contributed by atoms with Crippen molar-refractivity contribution in [2.45, 2.75) is 38.8 Å². The number of amides is 3. The van der Waals surface area contributed by atoms with Crippen LogP contribution in [0.25, 0.3) is 0 Å². The van der Waals surface area contributed by atoms with Gasteiger partial charge in [0.2, 0.25) is 5.91 Å². The van der Waals surface area contributed by atoms with Gasteiger partial charge in [0.05, 0.1) is 11.9 Å². The molecule has 154 valence electrons. The Kier molecular flexibility index (Phi) is 6.74. The first-order chi connectivity index (χ1) is 13.8. The van der Waals surface area contributed by atoms with Gasteiger partial charge in [0, 0.05) is 24.1 Å². The third-order valence-corrected chi connectivity index (χ3v) is 5.26. The van der Waals surface area contributed by atoms with Crippen molar-refractivity contribution in [3.63, 3.8) is 0 Å². The van der Waals surface area contributed by atoms with Crippen molar-refractivity contribution in [3.05, 3.63) is 52.6 Å². The van der Waals surface area contributed by atoms with Gasteiger partial charge in [-0.25, -0.2) is 9.78 Å². The maximum Gasteiger partial charge on any atom is 0.315 e. The highest BCUT2D eigenvalue weighted by atomic mass is 79.9. The molecule has 3 amide bonds. The lowest BCUT2D eigenvalue weighted by atomic mass is 10.0. The third kappa shape index (κ3) is 5.93. The van der Waals surface area contributed by atoms with Crippen molar-refractivity contribution in [1.29, 1.82) is 0 Å². The van der Waals surface area contributed by atoms with Crippen molar-refractivity contribution in [2.75, 3.05) is 23.3 Å². The molecular weight excluding hydrogens is 434 g/mol. The summed E-state index contributed by atoms with van der Waals surface area (Å²) < 4.78 is 0.946. The molecule has 1 fully saturated rings. The lowest BCUT2D eigenvalue weighted by Gasteiger charge is -2.25. The zero-order chi connectivity index (χ0) is 20.9. The zero-order valence-electron chi connectivity index (χ0n) is 16.7. The predicted molar refractivity (Wildman–Crippen MR) is 118 cm³/mol. The summed E-state index contributed by atoms with van der Waals surface area (Å²) in [6, 6.07) is 11.0. The number of urea groups is 1. The van der Waals surface area contributed by atoms with Gasteiger partial charge in [-0.1, -0.05) is 28.1 Å². The molecule has 2 heterocycles. The van der Waals surface area contributed by atoms with Gasteiger partial charge >= 0.3 is 6.03 Å². The van der Waals surface area contributed by atoms with E-state index in [2.05, 4.69) is 41.8 Å². The van der Waals surface area contributed by atoms with Crippen LogP contribution in [0.5, 0.6) is 0 Å². The lowest BCUT2D eigenvalue weighted by molar-refractivity contribution is -0.120. The molecule has 1 aliphatic heterocycles. The van der Waals surface area contributed by atoms with Crippen LogP contribution in [0.1, 0.15) is 32.3 Å². The molecule has 7 nitrogen and oxygen atoms in total. The van der Waals surface area contributed by atoms with Crippen molar-refractivity contribution in [1.82, 2.24) is 15.6 Å². The van der Waals surface area contributed by atoms with Gasteiger partial charge in [0.15, 0.2) is 0 Å². The van der Waals surface area contributed by atoms with Crippen molar-refractivity contribution >= 4 is 39.4 Å². The summed E-state index contributed by atoms with van der Waals surface area (Å²) in [7, 11) is 0. The van der Waals surface area contributed by atoms with Crippen molar-refractivity contribution in [2.24, 2.45) is 0 Å². The highest BCUT2D eigenvalue weighted by molar-refractivity contribution is 9.10. The van der Waals surface area contributed by atoms with Crippen LogP contribution in [0.2, 0.25) is 0 Å². The monoisotopic (exact) mass is 459 g/mol. The Hall–Kier alpha value is -2.61. The molecule has 0 atom stereocenters. The predicted octanol–water partition coefficient (Wildman–Crippen LogP) is 3.66. The highest BCUT2D eigenvalue weighted by Crippen LogP contribution is 2.19. The molecule has 8 heteroatoms. The number of benzene rings is 1. The van der Waals surface area contributed by atoms with E-state index in [1.165, 1.54) is 12.8 Å². The van der Waals surface area contributed by atoms with Crippen LogP contribution >= 0.6 is 15.9 Å². The summed E-state index contributed by atoms with van der Waals surface area (Å²) >= 11 is 3.40. The first-order valence-corrected chi connectivity index (χ1v) is 10.5. The largest absolute Gasteiger partial charge is 0.357 e. The molecule has 1 aromatic heterocycles. The zero-order valence-corrected chi connectivity index (χ0v) is 18.3. The summed E-state index contributed by atoms with van der Waals surface area (Å²) in [6.07, 6.45) is 4.02. The molecule has 1 aliphatic rings. The Labute approximate surface area is 179 Å². The minimum atomic E-state index is -1.09. The van der Waals surface area contributed by atoms with E-state index in [1.807, 2.05) is 36.4 Å². The summed E-state index contributed by atoms with van der Waals surface area (Å²) in [6.45, 7) is 5.72. The number of hydrogen-bond acceptors (Lipinski definition) is 4. The van der Waals surface area contributed by atoms with Crippen LogP contribution in [0.3, 0.4) is 0 Å². The summed E-state index contributed by atoms with van der Waals surface area (Å²) in [5, 5.41) is 8.30. The number of nitrogens with zero attached hydrogens (tertiary/aromatic N) is 2. The smallest absolute Gasteiger partial charge is 0.315 e. The molecule has 3 N–H and O–H groups in total. The number of halogens is 1. The maximum atomic E-state index is 12.6. The molecule has 29 heavy (non-hydrogen) atoms. The summed E-state index contributed by atoms with van der Waals surface area (Å²) in [5.41, 5.74) is 0.470. The SMILES string of the molecule is CC(C)(NC(=O)NCc1cccc(Br)c1)C(=O)Nc1ccc(N2CCCC2)nc1. The number of aromatic nitrogens is 1. The van der Waals surface area contributed by atoms with Crippen molar-refractivity contribution in [3.8, 4) is 0 Å². The van der Waals surface area contributed by atoms with Crippen molar-refractivity contribution < 1.29 is 9.59 Å². The number of hydrogen-bond donors (Lipinski definition) is 3. The van der Waals surface area contributed by atoms with E-state index in [1.54, 1.807) is 20.0 Å². The maximum absolute atomic E-state index is 12.6. The van der Waals surface area contributed by atoms with Gasteiger partial charge < -0.3 is 20.9 Å². The third-order valence-electron chi connectivity index (χ3n) is 4.77. The number of rotatable bonds is 6. The molecule has 2 aromatic rings. The molecule has 1 aromatic carbocycles. The fourth-order valence-corrected chi connectivity index (χ4v) is 3.54.